The summed E-state index contributed by atoms with van der Waals surface area (Å²) in [6, 6.07) is 86.5. The van der Waals surface area contributed by atoms with Crippen LogP contribution in [-0.4, -0.2) is 9.13 Å². The molecule has 3 aliphatic rings. The monoisotopic (exact) mass is 946 g/mol. The van der Waals surface area contributed by atoms with E-state index in [-0.39, 0.29) is 10.8 Å². The Morgan fingerprint density at radius 2 is 0.919 bits per heavy atom. The van der Waals surface area contributed by atoms with E-state index in [4.69, 9.17) is 0 Å². The van der Waals surface area contributed by atoms with Gasteiger partial charge in [0.15, 0.2) is 0 Å². The average molecular weight is 947 g/mol. The molecule has 1 unspecified atom stereocenters. The van der Waals surface area contributed by atoms with Crippen LogP contribution < -0.4 is 0 Å². The van der Waals surface area contributed by atoms with E-state index in [2.05, 4.69) is 273 Å². The maximum atomic E-state index is 2.58. The summed E-state index contributed by atoms with van der Waals surface area (Å²) in [5, 5.41) is 3.85. The summed E-state index contributed by atoms with van der Waals surface area (Å²) < 4.78 is 5.09. The van der Waals surface area contributed by atoms with Gasteiger partial charge in [0.1, 0.15) is 0 Å². The zero-order chi connectivity index (χ0) is 49.5. The molecule has 74 heavy (non-hydrogen) atoms. The number of fused-ring (bicyclic) bond motifs is 12. The molecule has 0 amide bonds. The third kappa shape index (κ3) is 6.18. The van der Waals surface area contributed by atoms with Gasteiger partial charge in [0.25, 0.3) is 0 Å². The van der Waals surface area contributed by atoms with E-state index in [0.717, 1.165) is 12.1 Å². The number of hydrogen-bond acceptors (Lipinski definition) is 0. The molecule has 0 aliphatic heterocycles. The van der Waals surface area contributed by atoms with Crippen LogP contribution in [0.15, 0.2) is 231 Å². The zero-order valence-corrected chi connectivity index (χ0v) is 42.2. The van der Waals surface area contributed by atoms with Crippen LogP contribution in [0.4, 0.5) is 0 Å². The third-order valence-electron chi connectivity index (χ3n) is 17.4. The second kappa shape index (κ2) is 15.9. The lowest BCUT2D eigenvalue weighted by atomic mass is 9.73. The van der Waals surface area contributed by atoms with E-state index in [1.54, 1.807) is 0 Å². The lowest BCUT2D eigenvalue weighted by Crippen LogP contribution is -2.27. The van der Waals surface area contributed by atoms with Gasteiger partial charge in [-0.25, -0.2) is 0 Å². The van der Waals surface area contributed by atoms with E-state index in [0.29, 0.717) is 5.92 Å². The molecule has 12 aromatic rings. The van der Waals surface area contributed by atoms with Crippen molar-refractivity contribution in [2.75, 3.05) is 0 Å². The fourth-order valence-corrected chi connectivity index (χ4v) is 13.8. The van der Waals surface area contributed by atoms with Crippen molar-refractivity contribution in [1.29, 1.82) is 0 Å². The van der Waals surface area contributed by atoms with Gasteiger partial charge in [-0.15, -0.1) is 0 Å². The van der Waals surface area contributed by atoms with Crippen LogP contribution in [0.1, 0.15) is 61.2 Å². The van der Waals surface area contributed by atoms with Crippen LogP contribution in [0.5, 0.6) is 0 Å². The van der Waals surface area contributed by atoms with Crippen molar-refractivity contribution < 1.29 is 0 Å². The first-order valence-corrected chi connectivity index (χ1v) is 26.3. The Labute approximate surface area is 433 Å². The van der Waals surface area contributed by atoms with Crippen molar-refractivity contribution in [3.63, 3.8) is 0 Å². The quantitative estimate of drug-likeness (QED) is 0.157. The minimum absolute atomic E-state index is 0.0184. The van der Waals surface area contributed by atoms with Crippen molar-refractivity contribution in [1.82, 2.24) is 9.13 Å². The van der Waals surface area contributed by atoms with Crippen molar-refractivity contribution in [2.45, 2.75) is 44.9 Å². The van der Waals surface area contributed by atoms with Gasteiger partial charge in [0.05, 0.1) is 16.6 Å². The molecule has 0 N–H and O–H groups in total. The van der Waals surface area contributed by atoms with Gasteiger partial charge in [-0.05, 0) is 168 Å². The highest BCUT2D eigenvalue weighted by Gasteiger charge is 2.45. The summed E-state index contributed by atoms with van der Waals surface area (Å²) in [5.41, 5.74) is 28.0. The first-order valence-electron chi connectivity index (χ1n) is 26.3. The van der Waals surface area contributed by atoms with Crippen LogP contribution >= 0.6 is 0 Å². The van der Waals surface area contributed by atoms with Crippen LogP contribution in [0.2, 0.25) is 0 Å². The summed E-state index contributed by atoms with van der Waals surface area (Å²) in [6.45, 7) is 9.65. The number of rotatable bonds is 6. The molecular weight excluding hydrogens is 893 g/mol. The molecule has 2 heteroatoms. The Morgan fingerprint density at radius 1 is 0.365 bits per heavy atom. The van der Waals surface area contributed by atoms with Crippen LogP contribution in [0.25, 0.3) is 111 Å². The molecule has 0 radical (unpaired) electrons. The van der Waals surface area contributed by atoms with Crippen molar-refractivity contribution >= 4 is 44.4 Å². The maximum absolute atomic E-state index is 2.58. The summed E-state index contributed by atoms with van der Waals surface area (Å²) in [6.07, 6.45) is 3.50. The Kier molecular flexibility index (Phi) is 9.21. The van der Waals surface area contributed by atoms with Gasteiger partial charge in [-0.3, -0.25) is 0 Å². The molecule has 0 fully saturated rings. The highest BCUT2D eigenvalue weighted by atomic mass is 15.0. The molecule has 2 aromatic heterocycles. The number of benzene rings is 10. The Bertz CT molecular complexity index is 4330. The molecule has 10 aromatic carbocycles. The summed E-state index contributed by atoms with van der Waals surface area (Å²) in [5.74, 6) is 0.386. The third-order valence-corrected chi connectivity index (χ3v) is 17.4. The summed E-state index contributed by atoms with van der Waals surface area (Å²) >= 11 is 0. The number of aromatic nitrogens is 2. The van der Waals surface area contributed by atoms with Gasteiger partial charge in [0, 0.05) is 44.2 Å². The molecule has 0 spiro atoms. The first kappa shape index (κ1) is 42.9. The van der Waals surface area contributed by atoms with Crippen LogP contribution in [0, 0.1) is 5.92 Å². The number of hydrogen-bond donors (Lipinski definition) is 0. The lowest BCUT2D eigenvalue weighted by Gasteiger charge is -2.32. The Balaban J connectivity index is 0.943. The SMILES string of the molecule is CC1(C)c2ccccc2-c2cc3c4ccccc4n(-c4cccc(-c5cc(-c6ccccc6)cc(-c6cccc(-n7c8c(c9ccccc97)C=C7c9ccccc9C(C)(C)C7C8)c6)c5-c5ccccc5)c4)c3cc21. The van der Waals surface area contributed by atoms with Crippen LogP contribution in [-0.2, 0) is 17.3 Å². The van der Waals surface area contributed by atoms with Crippen molar-refractivity contribution in [2.24, 2.45) is 5.92 Å². The minimum Gasteiger partial charge on any atom is -0.313 e. The second-order valence-electron chi connectivity index (χ2n) is 22.1. The highest BCUT2D eigenvalue weighted by Crippen LogP contribution is 2.56. The molecule has 2 heterocycles. The van der Waals surface area contributed by atoms with E-state index in [1.165, 1.54) is 133 Å². The number of nitrogens with zero attached hydrogens (tertiary/aromatic N) is 2. The number of para-hydroxylation sites is 2. The van der Waals surface area contributed by atoms with E-state index in [1.807, 2.05) is 0 Å². The smallest absolute Gasteiger partial charge is 0.0544 e. The highest BCUT2D eigenvalue weighted by molar-refractivity contribution is 6.12. The maximum Gasteiger partial charge on any atom is 0.0544 e. The molecular formula is C72H54N2. The van der Waals surface area contributed by atoms with Gasteiger partial charge >= 0.3 is 0 Å². The molecule has 0 saturated carbocycles. The zero-order valence-electron chi connectivity index (χ0n) is 42.2. The predicted molar refractivity (Wildman–Crippen MR) is 311 cm³/mol. The van der Waals surface area contributed by atoms with E-state index < -0.39 is 0 Å². The van der Waals surface area contributed by atoms with Crippen LogP contribution in [0.3, 0.4) is 0 Å². The molecule has 352 valence electrons. The van der Waals surface area contributed by atoms with Crippen molar-refractivity contribution in [3.8, 4) is 67.0 Å². The predicted octanol–water partition coefficient (Wildman–Crippen LogP) is 18.7. The molecule has 0 bridgehead atoms. The summed E-state index contributed by atoms with van der Waals surface area (Å²) in [7, 11) is 0. The largest absolute Gasteiger partial charge is 0.313 e. The second-order valence-corrected chi connectivity index (χ2v) is 22.1. The van der Waals surface area contributed by atoms with Gasteiger partial charge < -0.3 is 9.13 Å². The molecule has 15 rings (SSSR count). The van der Waals surface area contributed by atoms with Gasteiger partial charge in [0.2, 0.25) is 0 Å². The lowest BCUT2D eigenvalue weighted by molar-refractivity contribution is 0.405. The van der Waals surface area contributed by atoms with Gasteiger partial charge in [-0.1, -0.05) is 198 Å². The van der Waals surface area contributed by atoms with E-state index >= 15 is 0 Å². The minimum atomic E-state index is -0.118. The Hall–Kier alpha value is -8.72. The molecule has 2 nitrogen and oxygen atoms in total. The van der Waals surface area contributed by atoms with E-state index in [9.17, 15) is 0 Å². The van der Waals surface area contributed by atoms with Gasteiger partial charge in [-0.2, -0.15) is 0 Å². The Morgan fingerprint density at radius 3 is 1.62 bits per heavy atom. The molecule has 1 atom stereocenters. The fourth-order valence-electron chi connectivity index (χ4n) is 13.8. The fraction of sp³-hybridized carbons (Fsp3) is 0.111. The molecule has 3 aliphatic carbocycles. The summed E-state index contributed by atoms with van der Waals surface area (Å²) in [4.78, 5) is 0. The van der Waals surface area contributed by atoms with Crippen molar-refractivity contribution in [3.05, 3.63) is 264 Å². The first-order chi connectivity index (χ1) is 36.2. The normalized spacial score (nSPS) is 15.7. The topological polar surface area (TPSA) is 9.86 Å². The molecule has 0 saturated heterocycles. The average Bonchev–Trinajstić information content (AvgIpc) is 4.12. The number of allylic oxidation sites excluding steroid dienone is 1. The standard InChI is InChI=1S/C72H54N2/c1-71(2)62-33-15-11-29-52(62)58-41-60-54-31-13-17-35-66(54)73(68(60)43-64(58)71)50-27-19-25-47(37-50)56-39-49(45-21-7-5-8-22-45)40-57(70(56)46-23-9-6-10-24-46)48-26-20-28-51(38-48)74-67-36-18-14-32-55(67)61-42-59-53-30-12-16-34-63(53)72(3,4)65(59)44-69(61)74/h5-43,65H,44H2,1-4H3.